The van der Waals surface area contributed by atoms with Gasteiger partial charge in [0.2, 0.25) is 0 Å². The molecule has 0 bridgehead atoms. The van der Waals surface area contributed by atoms with Crippen molar-refractivity contribution in [1.82, 2.24) is 0 Å². The Morgan fingerprint density at radius 2 is 1.38 bits per heavy atom. The zero-order valence-corrected chi connectivity index (χ0v) is 12.8. The molecule has 0 spiro atoms. The van der Waals surface area contributed by atoms with Gasteiger partial charge < -0.3 is 4.74 Å². The number of halogens is 3. The van der Waals surface area contributed by atoms with Gasteiger partial charge >= 0.3 is 6.18 Å². The highest BCUT2D eigenvalue weighted by Crippen LogP contribution is 2.39. The molecule has 0 atom stereocenters. The number of hydrogen-bond acceptors (Lipinski definition) is 1. The van der Waals surface area contributed by atoms with E-state index in [1.807, 2.05) is 30.3 Å². The number of benzene rings is 3. The van der Waals surface area contributed by atoms with Crippen LogP contribution in [0.2, 0.25) is 0 Å². The first-order chi connectivity index (χ1) is 11.5. The van der Waals surface area contributed by atoms with E-state index in [1.54, 1.807) is 36.4 Å². The van der Waals surface area contributed by atoms with Gasteiger partial charge in [0.1, 0.15) is 12.4 Å². The molecule has 0 aliphatic heterocycles. The fourth-order valence-electron chi connectivity index (χ4n) is 2.46. The molecule has 0 aliphatic carbocycles. The van der Waals surface area contributed by atoms with Crippen molar-refractivity contribution < 1.29 is 17.9 Å². The lowest BCUT2D eigenvalue weighted by Gasteiger charge is -2.15. The van der Waals surface area contributed by atoms with E-state index >= 15 is 0 Å². The second-order valence-corrected chi connectivity index (χ2v) is 5.35. The van der Waals surface area contributed by atoms with Gasteiger partial charge in [0.25, 0.3) is 0 Å². The van der Waals surface area contributed by atoms with Crippen LogP contribution in [0, 0.1) is 0 Å². The van der Waals surface area contributed by atoms with Gasteiger partial charge in [-0.2, -0.15) is 13.2 Å². The Bertz CT molecular complexity index is 796. The summed E-state index contributed by atoms with van der Waals surface area (Å²) in [5.41, 5.74) is 0.882. The molecule has 3 aromatic rings. The summed E-state index contributed by atoms with van der Waals surface area (Å²) >= 11 is 0. The third kappa shape index (κ3) is 3.77. The Balaban J connectivity index is 1.90. The van der Waals surface area contributed by atoms with Crippen LogP contribution in [-0.2, 0) is 12.8 Å². The highest BCUT2D eigenvalue weighted by Gasteiger charge is 2.34. The van der Waals surface area contributed by atoms with Crippen LogP contribution in [0.25, 0.3) is 11.1 Å². The molecule has 3 rings (SSSR count). The van der Waals surface area contributed by atoms with Gasteiger partial charge in [-0.3, -0.25) is 0 Å². The van der Waals surface area contributed by atoms with Gasteiger partial charge in [0, 0.05) is 0 Å². The molecule has 24 heavy (non-hydrogen) atoms. The predicted molar refractivity (Wildman–Crippen MR) is 87.7 cm³/mol. The summed E-state index contributed by atoms with van der Waals surface area (Å²) < 4.78 is 45.8. The van der Waals surface area contributed by atoms with Crippen LogP contribution in [0.15, 0.2) is 78.9 Å². The summed E-state index contributed by atoms with van der Waals surface area (Å²) in [6, 6.07) is 21.9. The van der Waals surface area contributed by atoms with Gasteiger partial charge in [0.15, 0.2) is 0 Å². The van der Waals surface area contributed by atoms with Gasteiger partial charge in [-0.05, 0) is 28.8 Å². The van der Waals surface area contributed by atoms with E-state index in [-0.39, 0.29) is 17.9 Å². The molecule has 0 unspecified atom stereocenters. The van der Waals surface area contributed by atoms with Crippen molar-refractivity contribution in [2.75, 3.05) is 0 Å². The Hall–Kier alpha value is -2.75. The van der Waals surface area contributed by atoms with Crippen molar-refractivity contribution in [2.45, 2.75) is 12.8 Å². The van der Waals surface area contributed by atoms with Gasteiger partial charge in [0.05, 0.1) is 5.56 Å². The standard InChI is InChI=1S/C20H15F3O/c21-20(22,23)19-13-17(24-14-15-7-3-1-4-8-15)11-12-18(19)16-9-5-2-6-10-16/h1-13H,14H2. The largest absolute Gasteiger partial charge is 0.489 e. The van der Waals surface area contributed by atoms with Crippen molar-refractivity contribution in [3.8, 4) is 16.9 Å². The fourth-order valence-corrected chi connectivity index (χ4v) is 2.46. The van der Waals surface area contributed by atoms with Crippen LogP contribution in [-0.4, -0.2) is 0 Å². The molecule has 0 heterocycles. The quantitative estimate of drug-likeness (QED) is 0.575. The molecule has 3 aromatic carbocycles. The average molecular weight is 328 g/mol. The molecule has 0 radical (unpaired) electrons. The van der Waals surface area contributed by atoms with E-state index in [1.165, 1.54) is 6.07 Å². The van der Waals surface area contributed by atoms with Crippen molar-refractivity contribution in [3.63, 3.8) is 0 Å². The first-order valence-electron chi connectivity index (χ1n) is 7.47. The van der Waals surface area contributed by atoms with Crippen LogP contribution in [0.4, 0.5) is 13.2 Å². The van der Waals surface area contributed by atoms with E-state index in [2.05, 4.69) is 0 Å². The Morgan fingerprint density at radius 3 is 2.00 bits per heavy atom. The molecule has 0 aliphatic rings. The van der Waals surface area contributed by atoms with E-state index in [9.17, 15) is 13.2 Å². The molecule has 0 aromatic heterocycles. The third-order valence-electron chi connectivity index (χ3n) is 3.63. The summed E-state index contributed by atoms with van der Waals surface area (Å²) in [5, 5.41) is 0. The summed E-state index contributed by atoms with van der Waals surface area (Å²) in [6.07, 6.45) is -4.45. The third-order valence-corrected chi connectivity index (χ3v) is 3.63. The van der Waals surface area contributed by atoms with E-state index < -0.39 is 11.7 Å². The van der Waals surface area contributed by atoms with E-state index in [0.717, 1.165) is 11.6 Å². The second-order valence-electron chi connectivity index (χ2n) is 5.35. The number of rotatable bonds is 4. The normalized spacial score (nSPS) is 11.3. The lowest BCUT2D eigenvalue weighted by Crippen LogP contribution is -2.08. The molecule has 122 valence electrons. The highest BCUT2D eigenvalue weighted by molar-refractivity contribution is 5.69. The first kappa shape index (κ1) is 16.1. The van der Waals surface area contributed by atoms with Gasteiger partial charge in [-0.15, -0.1) is 0 Å². The van der Waals surface area contributed by atoms with Crippen molar-refractivity contribution in [2.24, 2.45) is 0 Å². The fraction of sp³-hybridized carbons (Fsp3) is 0.100. The Kier molecular flexibility index (Phi) is 4.56. The van der Waals surface area contributed by atoms with Gasteiger partial charge in [-0.1, -0.05) is 66.7 Å². The number of ether oxygens (including phenoxy) is 1. The van der Waals surface area contributed by atoms with Crippen molar-refractivity contribution >= 4 is 0 Å². The zero-order valence-electron chi connectivity index (χ0n) is 12.8. The lowest BCUT2D eigenvalue weighted by atomic mass is 9.99. The van der Waals surface area contributed by atoms with Crippen LogP contribution in [0.5, 0.6) is 5.75 Å². The molecule has 0 saturated carbocycles. The minimum absolute atomic E-state index is 0.148. The highest BCUT2D eigenvalue weighted by atomic mass is 19.4. The first-order valence-corrected chi connectivity index (χ1v) is 7.47. The molecule has 0 N–H and O–H groups in total. The molecule has 1 nitrogen and oxygen atoms in total. The maximum atomic E-state index is 13.4. The van der Waals surface area contributed by atoms with Crippen molar-refractivity contribution in [3.05, 3.63) is 90.0 Å². The average Bonchev–Trinajstić information content (AvgIpc) is 2.61. The Morgan fingerprint density at radius 1 is 0.750 bits per heavy atom. The van der Waals surface area contributed by atoms with Crippen LogP contribution in [0.3, 0.4) is 0 Å². The molecule has 0 saturated heterocycles. The summed E-state index contributed by atoms with van der Waals surface area (Å²) in [6.45, 7) is 0.225. The Labute approximate surface area is 138 Å². The predicted octanol–water partition coefficient (Wildman–Crippen LogP) is 5.95. The summed E-state index contributed by atoms with van der Waals surface area (Å²) in [7, 11) is 0. The minimum atomic E-state index is -4.45. The molecule has 0 amide bonds. The van der Waals surface area contributed by atoms with Crippen molar-refractivity contribution in [1.29, 1.82) is 0 Å². The molecule has 0 fully saturated rings. The smallest absolute Gasteiger partial charge is 0.417 e. The molecular formula is C20H15F3O. The zero-order chi connectivity index (χ0) is 17.0. The van der Waals surface area contributed by atoms with Crippen LogP contribution < -0.4 is 4.74 Å². The van der Waals surface area contributed by atoms with Crippen LogP contribution in [0.1, 0.15) is 11.1 Å². The van der Waals surface area contributed by atoms with E-state index in [4.69, 9.17) is 4.74 Å². The maximum absolute atomic E-state index is 13.4. The second kappa shape index (κ2) is 6.79. The van der Waals surface area contributed by atoms with Gasteiger partial charge in [-0.25, -0.2) is 0 Å². The number of alkyl halides is 3. The molecular weight excluding hydrogens is 313 g/mol. The summed E-state index contributed by atoms with van der Waals surface area (Å²) in [4.78, 5) is 0. The topological polar surface area (TPSA) is 9.23 Å². The monoisotopic (exact) mass is 328 g/mol. The van der Waals surface area contributed by atoms with Crippen LogP contribution >= 0.6 is 0 Å². The molecule has 4 heteroatoms. The lowest BCUT2D eigenvalue weighted by molar-refractivity contribution is -0.137. The minimum Gasteiger partial charge on any atom is -0.489 e. The maximum Gasteiger partial charge on any atom is 0.417 e. The number of hydrogen-bond donors (Lipinski definition) is 0. The van der Waals surface area contributed by atoms with E-state index in [0.29, 0.717) is 5.56 Å². The summed E-state index contributed by atoms with van der Waals surface area (Å²) in [5.74, 6) is 0.200. The SMILES string of the molecule is FC(F)(F)c1cc(OCc2ccccc2)ccc1-c1ccccc1.